The minimum atomic E-state index is -0.708. The fraction of sp³-hybridized carbons (Fsp3) is 0.800. The van der Waals surface area contributed by atoms with Crippen LogP contribution in [-0.2, 0) is 19.1 Å². The fourth-order valence-corrected chi connectivity index (χ4v) is 0.837. The van der Waals surface area contributed by atoms with Gasteiger partial charge in [0.1, 0.15) is 0 Å². The molecule has 0 radical (unpaired) electrons. The van der Waals surface area contributed by atoms with Crippen molar-refractivity contribution in [1.29, 1.82) is 0 Å². The lowest BCUT2D eigenvalue weighted by Gasteiger charge is -2.16. The first-order chi connectivity index (χ1) is 6.63. The van der Waals surface area contributed by atoms with Crippen molar-refractivity contribution < 1.29 is 19.1 Å². The topological polar surface area (TPSA) is 52.6 Å². The van der Waals surface area contributed by atoms with Gasteiger partial charge in [0.05, 0.1) is 0 Å². The van der Waals surface area contributed by atoms with E-state index in [1.807, 2.05) is 6.92 Å². The number of carbonyl (C=O) groups excluding carboxylic acids is 2. The molecule has 0 saturated heterocycles. The van der Waals surface area contributed by atoms with Crippen molar-refractivity contribution in [2.75, 3.05) is 0 Å². The summed E-state index contributed by atoms with van der Waals surface area (Å²) in [5, 5.41) is 0. The molecule has 0 atom stereocenters. The highest BCUT2D eigenvalue weighted by Crippen LogP contribution is 2.06. The zero-order chi connectivity index (χ0) is 11.0. The van der Waals surface area contributed by atoms with Gasteiger partial charge in [0.15, 0.2) is 0 Å². The maximum Gasteiger partial charge on any atom is 0.308 e. The maximum atomic E-state index is 11.0. The molecular formula is C10H18O4. The normalized spacial score (nSPS) is 10.0. The Morgan fingerprint density at radius 2 is 1.43 bits per heavy atom. The third-order valence-corrected chi connectivity index (χ3v) is 1.63. The van der Waals surface area contributed by atoms with Crippen molar-refractivity contribution in [2.45, 2.75) is 52.7 Å². The number of hydrogen-bond donors (Lipinski definition) is 0. The van der Waals surface area contributed by atoms with Gasteiger partial charge in [-0.2, -0.15) is 0 Å². The van der Waals surface area contributed by atoms with Crippen molar-refractivity contribution in [1.82, 2.24) is 0 Å². The van der Waals surface area contributed by atoms with Gasteiger partial charge in [-0.25, -0.2) is 0 Å². The Morgan fingerprint density at radius 3 is 1.71 bits per heavy atom. The van der Waals surface area contributed by atoms with Crippen LogP contribution >= 0.6 is 0 Å². The summed E-state index contributed by atoms with van der Waals surface area (Å²) in [7, 11) is 0. The molecule has 0 aliphatic heterocycles. The molecule has 0 heterocycles. The van der Waals surface area contributed by atoms with E-state index in [1.54, 1.807) is 13.8 Å². The first-order valence-corrected chi connectivity index (χ1v) is 5.02. The number of rotatable bonds is 6. The van der Waals surface area contributed by atoms with Gasteiger partial charge in [0.25, 0.3) is 0 Å². The van der Waals surface area contributed by atoms with E-state index >= 15 is 0 Å². The van der Waals surface area contributed by atoms with Crippen molar-refractivity contribution in [3.8, 4) is 0 Å². The molecule has 0 unspecified atom stereocenters. The van der Waals surface area contributed by atoms with Crippen molar-refractivity contribution >= 4 is 11.9 Å². The summed E-state index contributed by atoms with van der Waals surface area (Å²) in [6, 6.07) is 0. The third kappa shape index (κ3) is 5.56. The molecule has 0 aliphatic rings. The fourth-order valence-electron chi connectivity index (χ4n) is 0.837. The molecule has 4 heteroatoms. The Kier molecular flexibility index (Phi) is 6.80. The second kappa shape index (κ2) is 7.35. The number of esters is 2. The molecule has 0 amide bonds. The van der Waals surface area contributed by atoms with E-state index in [0.717, 1.165) is 6.42 Å². The molecule has 0 aliphatic carbocycles. The van der Waals surface area contributed by atoms with Crippen LogP contribution in [0.15, 0.2) is 0 Å². The highest BCUT2D eigenvalue weighted by Gasteiger charge is 2.15. The van der Waals surface area contributed by atoms with Gasteiger partial charge < -0.3 is 9.47 Å². The summed E-state index contributed by atoms with van der Waals surface area (Å²) in [6.45, 7) is 5.34. The Labute approximate surface area is 84.6 Å². The highest BCUT2D eigenvalue weighted by molar-refractivity contribution is 5.70. The van der Waals surface area contributed by atoms with Gasteiger partial charge in [-0.15, -0.1) is 0 Å². The lowest BCUT2D eigenvalue weighted by Crippen LogP contribution is -2.23. The molecule has 82 valence electrons. The summed E-state index contributed by atoms with van der Waals surface area (Å²) in [5.74, 6) is -0.681. The molecule has 0 bridgehead atoms. The van der Waals surface area contributed by atoms with Gasteiger partial charge in [-0.3, -0.25) is 9.59 Å². The Bertz CT molecular complexity index is 171. The number of ether oxygens (including phenoxy) is 2. The maximum absolute atomic E-state index is 11.0. The Morgan fingerprint density at radius 1 is 1.00 bits per heavy atom. The average Bonchev–Trinajstić information content (AvgIpc) is 2.17. The van der Waals surface area contributed by atoms with E-state index in [-0.39, 0.29) is 11.9 Å². The molecule has 0 saturated carbocycles. The van der Waals surface area contributed by atoms with Crippen LogP contribution in [0.5, 0.6) is 0 Å². The molecule has 14 heavy (non-hydrogen) atoms. The Balaban J connectivity index is 4.00. The molecule has 0 aromatic heterocycles. The second-order valence-corrected chi connectivity index (χ2v) is 2.91. The summed E-state index contributed by atoms with van der Waals surface area (Å²) in [6.07, 6.45) is 1.24. The Hall–Kier alpha value is -1.06. The second-order valence-electron chi connectivity index (χ2n) is 2.91. The van der Waals surface area contributed by atoms with Crippen LogP contribution < -0.4 is 0 Å². The zero-order valence-corrected chi connectivity index (χ0v) is 9.04. The van der Waals surface area contributed by atoms with E-state index < -0.39 is 6.29 Å². The van der Waals surface area contributed by atoms with Crippen molar-refractivity contribution in [3.63, 3.8) is 0 Å². The van der Waals surface area contributed by atoms with Crippen LogP contribution in [0.3, 0.4) is 0 Å². The molecule has 4 nitrogen and oxygen atoms in total. The number of carbonyl (C=O) groups is 2. The number of hydrogen-bond acceptors (Lipinski definition) is 4. The predicted molar refractivity (Wildman–Crippen MR) is 51.5 cm³/mol. The highest BCUT2D eigenvalue weighted by atomic mass is 16.7. The minimum Gasteiger partial charge on any atom is -0.425 e. The van der Waals surface area contributed by atoms with E-state index in [1.165, 1.54) is 0 Å². The molecule has 0 N–H and O–H groups in total. The summed E-state index contributed by atoms with van der Waals surface area (Å²) >= 11 is 0. The van der Waals surface area contributed by atoms with Crippen LogP contribution in [0.2, 0.25) is 0 Å². The lowest BCUT2D eigenvalue weighted by molar-refractivity contribution is -0.188. The van der Waals surface area contributed by atoms with Crippen molar-refractivity contribution in [2.24, 2.45) is 0 Å². The largest absolute Gasteiger partial charge is 0.425 e. The predicted octanol–water partition coefficient (Wildman–Crippen LogP) is 2.02. The quantitative estimate of drug-likeness (QED) is 0.488. The van der Waals surface area contributed by atoms with Crippen LogP contribution in [0.25, 0.3) is 0 Å². The van der Waals surface area contributed by atoms with Gasteiger partial charge >= 0.3 is 11.9 Å². The zero-order valence-electron chi connectivity index (χ0n) is 9.04. The first-order valence-electron chi connectivity index (χ1n) is 5.02. The van der Waals surface area contributed by atoms with Gasteiger partial charge in [-0.05, 0) is 6.42 Å². The molecule has 0 aromatic rings. The summed E-state index contributed by atoms with van der Waals surface area (Å²) in [5.41, 5.74) is 0. The van der Waals surface area contributed by atoms with Crippen molar-refractivity contribution in [3.05, 3.63) is 0 Å². The molecular weight excluding hydrogens is 184 g/mol. The van der Waals surface area contributed by atoms with Gasteiger partial charge in [-0.1, -0.05) is 20.8 Å². The van der Waals surface area contributed by atoms with E-state index in [2.05, 4.69) is 0 Å². The minimum absolute atomic E-state index is 0.296. The standard InChI is InChI=1S/C10H18O4/c1-4-7-10(13-8(11)5-2)14-9(12)6-3/h10H,4-7H2,1-3H3. The summed E-state index contributed by atoms with van der Waals surface area (Å²) < 4.78 is 9.86. The van der Waals surface area contributed by atoms with E-state index in [9.17, 15) is 9.59 Å². The van der Waals surface area contributed by atoms with Crippen LogP contribution in [-0.4, -0.2) is 18.2 Å². The molecule has 0 fully saturated rings. The lowest BCUT2D eigenvalue weighted by atomic mass is 10.3. The van der Waals surface area contributed by atoms with E-state index in [0.29, 0.717) is 19.3 Å². The molecule has 0 rings (SSSR count). The van der Waals surface area contributed by atoms with Crippen LogP contribution in [0.4, 0.5) is 0 Å². The van der Waals surface area contributed by atoms with Crippen LogP contribution in [0.1, 0.15) is 46.5 Å². The first kappa shape index (κ1) is 12.9. The smallest absolute Gasteiger partial charge is 0.308 e. The SMILES string of the molecule is CCCC(OC(=O)CC)OC(=O)CC. The monoisotopic (exact) mass is 202 g/mol. The molecule has 0 spiro atoms. The average molecular weight is 202 g/mol. The van der Waals surface area contributed by atoms with Gasteiger partial charge in [0.2, 0.25) is 6.29 Å². The van der Waals surface area contributed by atoms with Gasteiger partial charge in [0, 0.05) is 19.3 Å². The molecule has 0 aromatic carbocycles. The summed E-state index contributed by atoms with van der Waals surface area (Å²) in [4.78, 5) is 21.9. The van der Waals surface area contributed by atoms with E-state index in [4.69, 9.17) is 9.47 Å². The van der Waals surface area contributed by atoms with Crippen LogP contribution in [0, 0.1) is 0 Å². The third-order valence-electron chi connectivity index (χ3n) is 1.63.